The molecule has 82 valence electrons. The summed E-state index contributed by atoms with van der Waals surface area (Å²) in [7, 11) is 0. The summed E-state index contributed by atoms with van der Waals surface area (Å²) in [6.07, 6.45) is 0.161. The van der Waals surface area contributed by atoms with E-state index in [0.29, 0.717) is 11.1 Å². The van der Waals surface area contributed by atoms with Crippen molar-refractivity contribution in [2.24, 2.45) is 0 Å². The Labute approximate surface area is 99.6 Å². The van der Waals surface area contributed by atoms with Gasteiger partial charge in [0.1, 0.15) is 17.7 Å². The highest BCUT2D eigenvalue weighted by molar-refractivity contribution is 6.13. The fourth-order valence-corrected chi connectivity index (χ4v) is 2.03. The first-order valence-electron chi connectivity index (χ1n) is 5.26. The summed E-state index contributed by atoms with van der Waals surface area (Å²) in [5, 5.41) is 17.8. The fourth-order valence-electron chi connectivity index (χ4n) is 2.03. The summed E-state index contributed by atoms with van der Waals surface area (Å²) in [5.41, 5.74) is 4.10. The molecule has 0 fully saturated rings. The molecule has 0 bridgehead atoms. The third kappa shape index (κ3) is 1.62. The summed E-state index contributed by atoms with van der Waals surface area (Å²) in [5.74, 6) is -0.0129. The number of Topliss-reactive ketones (excluding diaryl/α,β-unsaturated/α-hetero) is 1. The number of hydrogen-bond acceptors (Lipinski definition) is 3. The van der Waals surface area contributed by atoms with Crippen molar-refractivity contribution in [1.29, 1.82) is 10.5 Å². The lowest BCUT2D eigenvalue weighted by molar-refractivity contribution is 0.100. The summed E-state index contributed by atoms with van der Waals surface area (Å²) in [6, 6.07) is 7.44. The van der Waals surface area contributed by atoms with E-state index < -0.39 is 0 Å². The number of aryl methyl sites for hydroxylation is 2. The van der Waals surface area contributed by atoms with Crippen molar-refractivity contribution in [2.45, 2.75) is 20.3 Å². The Morgan fingerprint density at radius 1 is 1.12 bits per heavy atom. The van der Waals surface area contributed by atoms with Crippen LogP contribution in [0.5, 0.6) is 0 Å². The summed E-state index contributed by atoms with van der Waals surface area (Å²) in [4.78, 5) is 11.8. The molecule has 0 radical (unpaired) electrons. The van der Waals surface area contributed by atoms with Crippen LogP contribution in [0.25, 0.3) is 5.57 Å². The minimum Gasteiger partial charge on any atom is -0.294 e. The molecule has 3 heteroatoms. The zero-order chi connectivity index (χ0) is 12.6. The van der Waals surface area contributed by atoms with Crippen molar-refractivity contribution in [1.82, 2.24) is 0 Å². The molecule has 0 aromatic heterocycles. The number of fused-ring (bicyclic) bond motifs is 1. The third-order valence-corrected chi connectivity index (χ3v) is 3.12. The normalized spacial score (nSPS) is 12.9. The second-order valence-corrected chi connectivity index (χ2v) is 4.16. The Balaban J connectivity index is 2.77. The number of benzene rings is 1. The molecule has 17 heavy (non-hydrogen) atoms. The van der Waals surface area contributed by atoms with Crippen LogP contribution in [0.1, 0.15) is 33.5 Å². The van der Waals surface area contributed by atoms with Crippen LogP contribution in [0, 0.1) is 36.5 Å². The zero-order valence-corrected chi connectivity index (χ0v) is 9.66. The lowest BCUT2D eigenvalue weighted by Gasteiger charge is -2.05. The first kappa shape index (κ1) is 11.1. The Kier molecular flexibility index (Phi) is 2.54. The SMILES string of the molecule is Cc1cc2c(cc1C)C(=C(C#N)C#N)CC2=O. The first-order chi connectivity index (χ1) is 8.08. The molecule has 0 N–H and O–H groups in total. The second kappa shape index (κ2) is 3.88. The predicted octanol–water partition coefficient (Wildman–Crippen LogP) is 2.69. The van der Waals surface area contributed by atoms with Gasteiger partial charge in [-0.25, -0.2) is 0 Å². The first-order valence-corrected chi connectivity index (χ1v) is 5.26. The van der Waals surface area contributed by atoms with Crippen LogP contribution in [0.15, 0.2) is 17.7 Å². The fraction of sp³-hybridized carbons (Fsp3) is 0.214. The number of allylic oxidation sites excluding steroid dienone is 2. The maximum atomic E-state index is 11.8. The van der Waals surface area contributed by atoms with Gasteiger partial charge < -0.3 is 0 Å². The third-order valence-electron chi connectivity index (χ3n) is 3.12. The largest absolute Gasteiger partial charge is 0.294 e. The summed E-state index contributed by atoms with van der Waals surface area (Å²) < 4.78 is 0. The van der Waals surface area contributed by atoms with E-state index in [1.165, 1.54) is 0 Å². The molecule has 1 aromatic rings. The molecule has 0 saturated carbocycles. The number of hydrogen-bond donors (Lipinski definition) is 0. The van der Waals surface area contributed by atoms with Gasteiger partial charge in [0.25, 0.3) is 0 Å². The van der Waals surface area contributed by atoms with E-state index >= 15 is 0 Å². The monoisotopic (exact) mass is 222 g/mol. The van der Waals surface area contributed by atoms with Crippen LogP contribution in [0.2, 0.25) is 0 Å². The zero-order valence-electron chi connectivity index (χ0n) is 9.66. The van der Waals surface area contributed by atoms with Gasteiger partial charge in [-0.2, -0.15) is 10.5 Å². The Morgan fingerprint density at radius 3 is 2.18 bits per heavy atom. The molecule has 1 aliphatic rings. The number of rotatable bonds is 0. The number of carbonyl (C=O) groups excluding carboxylic acids is 1. The average Bonchev–Trinajstić information content (AvgIpc) is 2.60. The minimum absolute atomic E-state index is 0.0129. The van der Waals surface area contributed by atoms with Crippen LogP contribution < -0.4 is 0 Å². The molecular formula is C14H10N2O. The highest BCUT2D eigenvalue weighted by atomic mass is 16.1. The molecule has 0 unspecified atom stereocenters. The van der Waals surface area contributed by atoms with Crippen molar-refractivity contribution in [3.63, 3.8) is 0 Å². The molecule has 0 heterocycles. The summed E-state index contributed by atoms with van der Waals surface area (Å²) >= 11 is 0. The average molecular weight is 222 g/mol. The van der Waals surface area contributed by atoms with E-state index in [0.717, 1.165) is 16.7 Å². The molecule has 0 aliphatic heterocycles. The van der Waals surface area contributed by atoms with Crippen LogP contribution in [-0.4, -0.2) is 5.78 Å². The molecule has 0 amide bonds. The van der Waals surface area contributed by atoms with Crippen molar-refractivity contribution < 1.29 is 4.79 Å². The predicted molar refractivity (Wildman–Crippen MR) is 63.0 cm³/mol. The highest BCUT2D eigenvalue weighted by Gasteiger charge is 2.27. The molecule has 1 aromatic carbocycles. The van der Waals surface area contributed by atoms with Crippen LogP contribution in [0.4, 0.5) is 0 Å². The second-order valence-electron chi connectivity index (χ2n) is 4.16. The molecule has 3 nitrogen and oxygen atoms in total. The topological polar surface area (TPSA) is 64.7 Å². The Bertz CT molecular complexity index is 623. The van der Waals surface area contributed by atoms with Crippen LogP contribution >= 0.6 is 0 Å². The van der Waals surface area contributed by atoms with Crippen LogP contribution in [-0.2, 0) is 0 Å². The van der Waals surface area contributed by atoms with Gasteiger partial charge in [-0.1, -0.05) is 6.07 Å². The van der Waals surface area contributed by atoms with Crippen molar-refractivity contribution >= 4 is 11.4 Å². The lowest BCUT2D eigenvalue weighted by Crippen LogP contribution is -1.93. The highest BCUT2D eigenvalue weighted by Crippen LogP contribution is 2.35. The lowest BCUT2D eigenvalue weighted by atomic mass is 9.98. The molecule has 2 rings (SSSR count). The van der Waals surface area contributed by atoms with Gasteiger partial charge in [-0.3, -0.25) is 4.79 Å². The van der Waals surface area contributed by atoms with Crippen molar-refractivity contribution in [3.8, 4) is 12.1 Å². The van der Waals surface area contributed by atoms with E-state index in [1.807, 2.05) is 38.1 Å². The molecular weight excluding hydrogens is 212 g/mol. The maximum absolute atomic E-state index is 11.8. The summed E-state index contributed by atoms with van der Waals surface area (Å²) in [6.45, 7) is 3.90. The molecule has 0 saturated heterocycles. The number of ketones is 1. The standard InChI is InChI=1S/C14H10N2O/c1-8-3-12-11(10(6-15)7-16)5-14(17)13(12)4-9(8)2/h3-4H,5H2,1-2H3. The number of nitriles is 2. The quantitative estimate of drug-likeness (QED) is 0.634. The van der Waals surface area contributed by atoms with Crippen LogP contribution in [0.3, 0.4) is 0 Å². The maximum Gasteiger partial charge on any atom is 0.167 e. The van der Waals surface area contributed by atoms with Gasteiger partial charge in [0.2, 0.25) is 0 Å². The van der Waals surface area contributed by atoms with E-state index in [-0.39, 0.29) is 17.8 Å². The molecule has 0 spiro atoms. The van der Waals surface area contributed by atoms with E-state index in [9.17, 15) is 4.79 Å². The van der Waals surface area contributed by atoms with E-state index in [1.54, 1.807) is 0 Å². The Morgan fingerprint density at radius 2 is 1.65 bits per heavy atom. The molecule has 0 atom stereocenters. The van der Waals surface area contributed by atoms with Gasteiger partial charge in [0.15, 0.2) is 5.78 Å². The van der Waals surface area contributed by atoms with E-state index in [4.69, 9.17) is 10.5 Å². The van der Waals surface area contributed by atoms with Gasteiger partial charge >= 0.3 is 0 Å². The number of nitrogens with zero attached hydrogens (tertiary/aromatic N) is 2. The van der Waals surface area contributed by atoms with Crippen molar-refractivity contribution in [2.75, 3.05) is 0 Å². The van der Waals surface area contributed by atoms with E-state index in [2.05, 4.69) is 0 Å². The minimum atomic E-state index is -0.0129. The van der Waals surface area contributed by atoms with Gasteiger partial charge in [-0.05, 0) is 42.2 Å². The Hall–Kier alpha value is -2.39. The van der Waals surface area contributed by atoms with Gasteiger partial charge in [0, 0.05) is 12.0 Å². The van der Waals surface area contributed by atoms with Crippen molar-refractivity contribution in [3.05, 3.63) is 40.0 Å². The van der Waals surface area contributed by atoms with Gasteiger partial charge in [-0.15, -0.1) is 0 Å². The smallest absolute Gasteiger partial charge is 0.167 e. The number of carbonyl (C=O) groups is 1. The van der Waals surface area contributed by atoms with Gasteiger partial charge in [0.05, 0.1) is 0 Å². The molecule has 1 aliphatic carbocycles.